The quantitative estimate of drug-likeness (QED) is 0.489. The number of pyridine rings is 1. The molecule has 0 radical (unpaired) electrons. The van der Waals surface area contributed by atoms with Crippen LogP contribution in [-0.2, 0) is 4.74 Å². The fourth-order valence-electron chi connectivity index (χ4n) is 1.11. The van der Waals surface area contributed by atoms with Gasteiger partial charge in [0.1, 0.15) is 11.4 Å². The average Bonchev–Trinajstić information content (AvgIpc) is 2.27. The van der Waals surface area contributed by atoms with Crippen LogP contribution in [0.1, 0.15) is 22.5 Å². The van der Waals surface area contributed by atoms with Crippen molar-refractivity contribution >= 4 is 17.5 Å². The standard InChI is InChI=1S/C8H7F2N3O4/c1-17-8(14)3-2-4(13(15)16)5(6(9)10)12-7(3)11/h2,6H,1H3,(H2,11,12). The van der Waals surface area contributed by atoms with E-state index in [0.29, 0.717) is 6.07 Å². The number of nitrogens with two attached hydrogens (primary N) is 1. The van der Waals surface area contributed by atoms with Crippen molar-refractivity contribution in [2.75, 3.05) is 12.8 Å². The maximum atomic E-state index is 12.4. The molecule has 0 spiro atoms. The van der Waals surface area contributed by atoms with Gasteiger partial charge in [0, 0.05) is 6.07 Å². The van der Waals surface area contributed by atoms with Crippen molar-refractivity contribution in [1.82, 2.24) is 4.98 Å². The van der Waals surface area contributed by atoms with Gasteiger partial charge in [-0.05, 0) is 0 Å². The van der Waals surface area contributed by atoms with Gasteiger partial charge in [0.05, 0.1) is 12.0 Å². The van der Waals surface area contributed by atoms with E-state index in [-0.39, 0.29) is 0 Å². The van der Waals surface area contributed by atoms with E-state index in [1.807, 2.05) is 0 Å². The molecule has 1 heterocycles. The van der Waals surface area contributed by atoms with Crippen LogP contribution < -0.4 is 5.73 Å². The Morgan fingerprint density at radius 3 is 2.65 bits per heavy atom. The summed E-state index contributed by atoms with van der Waals surface area (Å²) in [6.07, 6.45) is -3.16. The minimum atomic E-state index is -3.16. The number of methoxy groups -OCH3 is 1. The highest BCUT2D eigenvalue weighted by Gasteiger charge is 2.27. The molecule has 92 valence electrons. The molecule has 0 fully saturated rings. The fraction of sp³-hybridized carbons (Fsp3) is 0.250. The number of ether oxygens (including phenoxy) is 1. The van der Waals surface area contributed by atoms with E-state index >= 15 is 0 Å². The normalized spacial score (nSPS) is 10.4. The summed E-state index contributed by atoms with van der Waals surface area (Å²) in [7, 11) is 1.02. The number of rotatable bonds is 3. The van der Waals surface area contributed by atoms with E-state index in [9.17, 15) is 23.7 Å². The van der Waals surface area contributed by atoms with Crippen molar-refractivity contribution in [1.29, 1.82) is 0 Å². The van der Waals surface area contributed by atoms with Crippen LogP contribution in [0.25, 0.3) is 0 Å². The van der Waals surface area contributed by atoms with Gasteiger partial charge < -0.3 is 10.5 Å². The second kappa shape index (κ2) is 4.68. The number of anilines is 1. The highest BCUT2D eigenvalue weighted by Crippen LogP contribution is 2.30. The number of nitro groups is 1. The Morgan fingerprint density at radius 2 is 2.24 bits per heavy atom. The number of hydrogen-bond donors (Lipinski definition) is 1. The van der Waals surface area contributed by atoms with E-state index in [2.05, 4.69) is 9.72 Å². The molecule has 0 unspecified atom stereocenters. The molecule has 0 saturated heterocycles. The van der Waals surface area contributed by atoms with Gasteiger partial charge in [-0.2, -0.15) is 0 Å². The molecule has 1 aromatic rings. The zero-order valence-corrected chi connectivity index (χ0v) is 8.52. The Balaban J connectivity index is 3.45. The molecule has 0 bridgehead atoms. The largest absolute Gasteiger partial charge is 0.465 e. The van der Waals surface area contributed by atoms with Crippen LogP contribution in [0, 0.1) is 10.1 Å². The molecule has 0 aliphatic heterocycles. The summed E-state index contributed by atoms with van der Waals surface area (Å²) >= 11 is 0. The van der Waals surface area contributed by atoms with Gasteiger partial charge in [0.15, 0.2) is 5.69 Å². The molecule has 0 atom stereocenters. The van der Waals surface area contributed by atoms with Gasteiger partial charge in [0.25, 0.3) is 12.1 Å². The Bertz CT molecular complexity index is 478. The Labute approximate surface area is 93.3 Å². The Morgan fingerprint density at radius 1 is 1.65 bits per heavy atom. The number of aromatic nitrogens is 1. The third-order valence-electron chi connectivity index (χ3n) is 1.87. The summed E-state index contributed by atoms with van der Waals surface area (Å²) in [6, 6.07) is 0.621. The summed E-state index contributed by atoms with van der Waals surface area (Å²) in [6.45, 7) is 0. The summed E-state index contributed by atoms with van der Waals surface area (Å²) in [4.78, 5) is 23.8. The summed E-state index contributed by atoms with van der Waals surface area (Å²) in [5, 5.41) is 10.5. The van der Waals surface area contributed by atoms with Crippen LogP contribution in [0.5, 0.6) is 0 Å². The summed E-state index contributed by atoms with van der Waals surface area (Å²) < 4.78 is 29.2. The van der Waals surface area contributed by atoms with E-state index in [1.165, 1.54) is 0 Å². The number of carbonyl (C=O) groups excluding carboxylic acids is 1. The molecule has 0 aliphatic rings. The molecule has 0 aliphatic carbocycles. The van der Waals surface area contributed by atoms with Crippen molar-refractivity contribution in [3.8, 4) is 0 Å². The van der Waals surface area contributed by atoms with E-state index in [0.717, 1.165) is 7.11 Å². The molecule has 0 saturated carbocycles. The average molecular weight is 247 g/mol. The Kier molecular flexibility index (Phi) is 3.51. The summed E-state index contributed by atoms with van der Waals surface area (Å²) in [5.41, 5.74) is 2.75. The van der Waals surface area contributed by atoms with Crippen molar-refractivity contribution in [3.05, 3.63) is 27.4 Å². The molecule has 1 rings (SSSR count). The van der Waals surface area contributed by atoms with Crippen molar-refractivity contribution in [3.63, 3.8) is 0 Å². The molecule has 0 amide bonds. The van der Waals surface area contributed by atoms with Gasteiger partial charge in [-0.1, -0.05) is 0 Å². The molecule has 0 aromatic carbocycles. The van der Waals surface area contributed by atoms with Crippen LogP contribution in [0.2, 0.25) is 0 Å². The number of halogens is 2. The minimum absolute atomic E-state index is 0.427. The van der Waals surface area contributed by atoms with Crippen molar-refractivity contribution in [2.24, 2.45) is 0 Å². The molecule has 2 N–H and O–H groups in total. The molecule has 7 nitrogen and oxygen atoms in total. The predicted molar refractivity (Wildman–Crippen MR) is 51.6 cm³/mol. The van der Waals surface area contributed by atoms with Crippen molar-refractivity contribution < 1.29 is 23.2 Å². The first kappa shape index (κ1) is 12.7. The van der Waals surface area contributed by atoms with E-state index in [1.54, 1.807) is 0 Å². The monoisotopic (exact) mass is 247 g/mol. The smallest absolute Gasteiger partial charge is 0.341 e. The predicted octanol–water partition coefficient (Wildman–Crippen LogP) is 1.30. The molecule has 9 heteroatoms. The first-order chi connectivity index (χ1) is 7.88. The highest BCUT2D eigenvalue weighted by molar-refractivity contribution is 5.94. The zero-order valence-electron chi connectivity index (χ0n) is 8.52. The second-order valence-electron chi connectivity index (χ2n) is 2.87. The van der Waals surface area contributed by atoms with Gasteiger partial charge >= 0.3 is 5.97 Å². The van der Waals surface area contributed by atoms with Crippen LogP contribution in [0.3, 0.4) is 0 Å². The van der Waals surface area contributed by atoms with Crippen LogP contribution in [0.15, 0.2) is 6.07 Å². The molecule has 1 aromatic heterocycles. The maximum absolute atomic E-state index is 12.4. The second-order valence-corrected chi connectivity index (χ2v) is 2.87. The number of nitrogen functional groups attached to an aromatic ring is 1. The van der Waals surface area contributed by atoms with E-state index in [4.69, 9.17) is 5.73 Å². The summed E-state index contributed by atoms with van der Waals surface area (Å²) in [5.74, 6) is -1.53. The van der Waals surface area contributed by atoms with Crippen LogP contribution in [-0.4, -0.2) is 23.0 Å². The number of alkyl halides is 2. The number of carbonyl (C=O) groups is 1. The third-order valence-corrected chi connectivity index (χ3v) is 1.87. The minimum Gasteiger partial charge on any atom is -0.465 e. The third kappa shape index (κ3) is 2.44. The lowest BCUT2D eigenvalue weighted by Crippen LogP contribution is -2.11. The van der Waals surface area contributed by atoms with Crippen molar-refractivity contribution in [2.45, 2.75) is 6.43 Å². The Hall–Kier alpha value is -2.32. The SMILES string of the molecule is COC(=O)c1cc([N+](=O)[O-])c(C(F)F)nc1N. The molecular formula is C8H7F2N3O4. The topological polar surface area (TPSA) is 108 Å². The lowest BCUT2D eigenvalue weighted by atomic mass is 10.2. The molecule has 17 heavy (non-hydrogen) atoms. The number of esters is 1. The van der Waals surface area contributed by atoms with E-state index < -0.39 is 40.1 Å². The number of nitrogens with zero attached hydrogens (tertiary/aromatic N) is 2. The first-order valence-electron chi connectivity index (χ1n) is 4.19. The van der Waals surface area contributed by atoms with Crippen LogP contribution in [0.4, 0.5) is 20.3 Å². The lowest BCUT2D eigenvalue weighted by molar-refractivity contribution is -0.386. The number of hydrogen-bond acceptors (Lipinski definition) is 6. The fourth-order valence-corrected chi connectivity index (χ4v) is 1.11. The van der Waals surface area contributed by atoms with Gasteiger partial charge in [-0.25, -0.2) is 18.6 Å². The van der Waals surface area contributed by atoms with Gasteiger partial charge in [-0.3, -0.25) is 10.1 Å². The van der Waals surface area contributed by atoms with Gasteiger partial charge in [0.2, 0.25) is 0 Å². The molecular weight excluding hydrogens is 240 g/mol. The highest BCUT2D eigenvalue weighted by atomic mass is 19.3. The van der Waals surface area contributed by atoms with Crippen LogP contribution >= 0.6 is 0 Å². The maximum Gasteiger partial charge on any atom is 0.341 e. The van der Waals surface area contributed by atoms with Gasteiger partial charge in [-0.15, -0.1) is 0 Å². The first-order valence-corrected chi connectivity index (χ1v) is 4.19. The zero-order chi connectivity index (χ0) is 13.2. The lowest BCUT2D eigenvalue weighted by Gasteiger charge is -2.06.